The molecule has 3 N–H and O–H groups in total. The van der Waals surface area contributed by atoms with Crippen LogP contribution in [-0.4, -0.2) is 20.7 Å². The lowest BCUT2D eigenvalue weighted by molar-refractivity contribution is -0.150. The molecule has 0 radical (unpaired) electrons. The third-order valence-corrected chi connectivity index (χ3v) is 2.74. The first-order valence-corrected chi connectivity index (χ1v) is 6.40. The largest absolute Gasteiger partial charge is 0.472 e. The third-order valence-electron chi connectivity index (χ3n) is 2.16. The van der Waals surface area contributed by atoms with Gasteiger partial charge in [-0.15, -0.1) is 0 Å². The standard InChI is InChI=1S/C10H15O5P/c1-2-10(11,15-16(12,13)14)8-9-6-4-3-5-7-9/h3-7,11H,2,8H2,1H3,(H2,12,13,14). The van der Waals surface area contributed by atoms with E-state index in [1.54, 1.807) is 31.2 Å². The van der Waals surface area contributed by atoms with Gasteiger partial charge in [0.25, 0.3) is 0 Å². The Labute approximate surface area is 93.9 Å². The van der Waals surface area contributed by atoms with E-state index in [1.165, 1.54) is 0 Å². The quantitative estimate of drug-likeness (QED) is 0.540. The Morgan fingerprint density at radius 2 is 1.88 bits per heavy atom. The van der Waals surface area contributed by atoms with Crippen LogP contribution in [0.2, 0.25) is 0 Å². The summed E-state index contributed by atoms with van der Waals surface area (Å²) in [5.74, 6) is -1.83. The Morgan fingerprint density at radius 1 is 1.31 bits per heavy atom. The molecule has 16 heavy (non-hydrogen) atoms. The summed E-state index contributed by atoms with van der Waals surface area (Å²) in [5, 5.41) is 9.89. The first-order valence-electron chi connectivity index (χ1n) is 4.87. The minimum absolute atomic E-state index is 0.0372. The maximum atomic E-state index is 10.7. The van der Waals surface area contributed by atoms with Gasteiger partial charge in [-0.2, -0.15) is 0 Å². The summed E-state index contributed by atoms with van der Waals surface area (Å²) >= 11 is 0. The van der Waals surface area contributed by atoms with Gasteiger partial charge in [0.2, 0.25) is 0 Å². The van der Waals surface area contributed by atoms with Crippen LogP contribution in [0.5, 0.6) is 0 Å². The van der Waals surface area contributed by atoms with Gasteiger partial charge in [-0.25, -0.2) is 4.57 Å². The van der Waals surface area contributed by atoms with Gasteiger partial charge in [0.1, 0.15) is 0 Å². The number of phosphoric ester groups is 1. The fourth-order valence-electron chi connectivity index (χ4n) is 1.36. The van der Waals surface area contributed by atoms with Crippen molar-refractivity contribution in [1.29, 1.82) is 0 Å². The summed E-state index contributed by atoms with van der Waals surface area (Å²) in [6.07, 6.45) is 0.127. The molecule has 0 aromatic heterocycles. The van der Waals surface area contributed by atoms with E-state index < -0.39 is 13.6 Å². The summed E-state index contributed by atoms with van der Waals surface area (Å²) in [4.78, 5) is 17.4. The lowest BCUT2D eigenvalue weighted by Gasteiger charge is -2.26. The molecular weight excluding hydrogens is 231 g/mol. The van der Waals surface area contributed by atoms with Gasteiger partial charge in [-0.3, -0.25) is 4.52 Å². The van der Waals surface area contributed by atoms with Gasteiger partial charge >= 0.3 is 7.82 Å². The highest BCUT2D eigenvalue weighted by Gasteiger charge is 2.34. The van der Waals surface area contributed by atoms with Crippen molar-refractivity contribution in [2.75, 3.05) is 0 Å². The molecule has 1 rings (SSSR count). The maximum absolute atomic E-state index is 10.7. The van der Waals surface area contributed by atoms with Crippen LogP contribution >= 0.6 is 7.82 Å². The van der Waals surface area contributed by atoms with Gasteiger partial charge in [0, 0.05) is 6.42 Å². The predicted octanol–water partition coefficient (Wildman–Crippen LogP) is 1.44. The molecule has 6 heteroatoms. The smallest absolute Gasteiger partial charge is 0.365 e. The van der Waals surface area contributed by atoms with Crippen LogP contribution in [-0.2, 0) is 15.5 Å². The molecule has 1 aromatic carbocycles. The summed E-state index contributed by atoms with van der Waals surface area (Å²) in [7, 11) is -4.69. The van der Waals surface area contributed by atoms with E-state index in [2.05, 4.69) is 4.52 Å². The molecule has 90 valence electrons. The Kier molecular flexibility index (Phi) is 4.24. The topological polar surface area (TPSA) is 87.0 Å². The van der Waals surface area contributed by atoms with E-state index in [-0.39, 0.29) is 12.8 Å². The lowest BCUT2D eigenvalue weighted by Crippen LogP contribution is -2.33. The SMILES string of the molecule is CCC(O)(Cc1ccccc1)OP(=O)(O)O. The molecule has 1 aromatic rings. The van der Waals surface area contributed by atoms with E-state index in [4.69, 9.17) is 9.79 Å². The first-order chi connectivity index (χ1) is 7.35. The number of aliphatic hydroxyl groups is 1. The van der Waals surface area contributed by atoms with Crippen LogP contribution in [0, 0.1) is 0 Å². The zero-order chi connectivity index (χ0) is 12.2. The molecule has 0 bridgehead atoms. The van der Waals surface area contributed by atoms with Crippen molar-refractivity contribution >= 4 is 7.82 Å². The van der Waals surface area contributed by atoms with Crippen molar-refractivity contribution in [1.82, 2.24) is 0 Å². The van der Waals surface area contributed by atoms with Crippen LogP contribution < -0.4 is 0 Å². The zero-order valence-electron chi connectivity index (χ0n) is 8.91. The van der Waals surface area contributed by atoms with Crippen molar-refractivity contribution in [3.63, 3.8) is 0 Å². The van der Waals surface area contributed by atoms with E-state index in [9.17, 15) is 9.67 Å². The lowest BCUT2D eigenvalue weighted by atomic mass is 10.0. The number of hydrogen-bond donors (Lipinski definition) is 3. The fourth-order valence-corrected chi connectivity index (χ4v) is 1.99. The van der Waals surface area contributed by atoms with Crippen molar-refractivity contribution < 1.29 is 24.0 Å². The van der Waals surface area contributed by atoms with E-state index in [1.807, 2.05) is 6.07 Å². The number of rotatable bonds is 5. The maximum Gasteiger partial charge on any atom is 0.472 e. The molecule has 0 aliphatic heterocycles. The zero-order valence-corrected chi connectivity index (χ0v) is 9.80. The van der Waals surface area contributed by atoms with Gasteiger partial charge in [-0.1, -0.05) is 37.3 Å². The Hall–Kier alpha value is -0.710. The van der Waals surface area contributed by atoms with Crippen LogP contribution in [0.25, 0.3) is 0 Å². The van der Waals surface area contributed by atoms with Crippen LogP contribution in [0.4, 0.5) is 0 Å². The number of benzene rings is 1. The highest BCUT2D eigenvalue weighted by molar-refractivity contribution is 7.46. The van der Waals surface area contributed by atoms with E-state index in [0.29, 0.717) is 0 Å². The van der Waals surface area contributed by atoms with Crippen molar-refractivity contribution in [3.8, 4) is 0 Å². The molecule has 0 amide bonds. The fraction of sp³-hybridized carbons (Fsp3) is 0.400. The second-order valence-corrected chi connectivity index (χ2v) is 4.71. The summed E-state index contributed by atoms with van der Waals surface area (Å²) in [6, 6.07) is 8.89. The summed E-state index contributed by atoms with van der Waals surface area (Å²) < 4.78 is 15.1. The van der Waals surface area contributed by atoms with Gasteiger partial charge in [0.05, 0.1) is 0 Å². The van der Waals surface area contributed by atoms with Crippen molar-refractivity contribution in [2.24, 2.45) is 0 Å². The molecule has 1 atom stereocenters. The normalized spacial score (nSPS) is 15.8. The highest BCUT2D eigenvalue weighted by Crippen LogP contribution is 2.42. The molecule has 1 unspecified atom stereocenters. The van der Waals surface area contributed by atoms with E-state index >= 15 is 0 Å². The second-order valence-electron chi connectivity index (χ2n) is 3.54. The van der Waals surface area contributed by atoms with Gasteiger partial charge < -0.3 is 14.9 Å². The molecule has 0 heterocycles. The predicted molar refractivity (Wildman–Crippen MR) is 58.5 cm³/mol. The van der Waals surface area contributed by atoms with Crippen LogP contribution in [0.1, 0.15) is 18.9 Å². The van der Waals surface area contributed by atoms with Crippen LogP contribution in [0.3, 0.4) is 0 Å². The molecule has 5 nitrogen and oxygen atoms in total. The Balaban J connectivity index is 2.78. The minimum atomic E-state index is -4.69. The first kappa shape index (κ1) is 13.4. The Bertz CT molecular complexity index is 374. The monoisotopic (exact) mass is 246 g/mol. The molecule has 0 saturated carbocycles. The van der Waals surface area contributed by atoms with Crippen molar-refractivity contribution in [2.45, 2.75) is 25.6 Å². The van der Waals surface area contributed by atoms with Gasteiger partial charge in [-0.05, 0) is 12.0 Å². The summed E-state index contributed by atoms with van der Waals surface area (Å²) in [6.45, 7) is 1.60. The molecule has 0 aliphatic rings. The number of phosphoric acid groups is 1. The Morgan fingerprint density at radius 3 is 2.31 bits per heavy atom. The van der Waals surface area contributed by atoms with E-state index in [0.717, 1.165) is 5.56 Å². The molecule has 0 aliphatic carbocycles. The molecule has 0 spiro atoms. The highest BCUT2D eigenvalue weighted by atomic mass is 31.2. The van der Waals surface area contributed by atoms with Gasteiger partial charge in [0.15, 0.2) is 5.79 Å². The third kappa shape index (κ3) is 4.43. The summed E-state index contributed by atoms with van der Waals surface area (Å²) in [5.41, 5.74) is 0.750. The minimum Gasteiger partial charge on any atom is -0.365 e. The number of hydrogen-bond acceptors (Lipinski definition) is 3. The molecule has 0 fully saturated rings. The average Bonchev–Trinajstić information content (AvgIpc) is 2.16. The average molecular weight is 246 g/mol. The molecule has 0 saturated heterocycles. The van der Waals surface area contributed by atoms with Crippen LogP contribution in [0.15, 0.2) is 30.3 Å². The molecular formula is C10H15O5P. The second kappa shape index (κ2) is 5.08. The van der Waals surface area contributed by atoms with Crippen molar-refractivity contribution in [3.05, 3.63) is 35.9 Å².